The van der Waals surface area contributed by atoms with Crippen molar-refractivity contribution in [2.24, 2.45) is 0 Å². The zero-order valence-electron chi connectivity index (χ0n) is 2.45. The normalized spacial score (nSPS) is 0. The average molecular weight is 766 g/mol. The molecule has 0 unspecified atom stereocenters. The van der Waals surface area contributed by atoms with Gasteiger partial charge in [0.05, 0.1) is 0 Å². The summed E-state index contributed by atoms with van der Waals surface area (Å²) in [6.07, 6.45) is 0. The Morgan fingerprint density at radius 3 is 0.105 bits per heavy atom. The molecule has 0 heterocycles. The van der Waals surface area contributed by atoms with Gasteiger partial charge >= 0.3 is 491 Å². The van der Waals surface area contributed by atoms with Gasteiger partial charge < -0.3 is 0 Å². The number of halogens is 6. The first-order valence-electron chi connectivity index (χ1n) is 0. The number of hydrogen-bond donors (Lipinski definition) is 0. The molecule has 19 heteroatoms. The van der Waals surface area contributed by atoms with Gasteiger partial charge in [0, 0.05) is 0 Å². The Kier molecular flexibility index (Phi) is 1050. The molecule has 0 aliphatic rings. The van der Waals surface area contributed by atoms with Crippen LogP contribution in [0.4, 0.5) is 0 Å². The van der Waals surface area contributed by atoms with Crippen molar-refractivity contribution in [1.29, 1.82) is 0 Å². The van der Waals surface area contributed by atoms with E-state index in [-0.39, 0.29) is 565 Å². The van der Waals surface area contributed by atoms with Crippen molar-refractivity contribution < 1.29 is 0 Å². The minimum atomic E-state index is 0. The minimum absolute atomic E-state index is 0. The molecule has 0 aliphatic carbocycles. The Morgan fingerprint density at radius 1 is 0.105 bits per heavy atom. The summed E-state index contributed by atoms with van der Waals surface area (Å²) in [6.45, 7) is 0. The number of rotatable bonds is 0. The molecule has 0 saturated heterocycles. The van der Waals surface area contributed by atoms with Crippen molar-refractivity contribution in [3.63, 3.8) is 0 Å². The molecule has 0 N–H and O–H groups in total. The Hall–Kier alpha value is 18.1. The molecule has 0 amide bonds. The third-order valence-electron chi connectivity index (χ3n) is 0. The van der Waals surface area contributed by atoms with E-state index < -0.39 is 0 Å². The second-order valence-electron chi connectivity index (χ2n) is 0. The van der Waals surface area contributed by atoms with Gasteiger partial charge in [0.1, 0.15) is 0 Å². The summed E-state index contributed by atoms with van der Waals surface area (Å²) in [4.78, 5) is 0. The molecule has 0 fully saturated rings. The monoisotopic (exact) mass is 762 g/mol. The molecule has 0 rings (SSSR count). The summed E-state index contributed by atoms with van der Waals surface area (Å²) >= 11 is 0. The molecular weight excluding hydrogens is 734 g/mol. The Labute approximate surface area is 544 Å². The van der Waals surface area contributed by atoms with Gasteiger partial charge in [0.2, 0.25) is 0 Å². The van der Waals surface area contributed by atoms with Crippen LogP contribution >= 0.6 is 74.4 Å². The maximum absolute atomic E-state index is 0. The van der Waals surface area contributed by atoms with Gasteiger partial charge in [-0.2, -0.15) is 0 Å². The van der Waals surface area contributed by atoms with Crippen LogP contribution < -0.4 is 0 Å². The van der Waals surface area contributed by atoms with E-state index in [4.69, 9.17) is 0 Å². The molecule has 0 aliphatic heterocycles. The Balaban J connectivity index is 0. The third-order valence-corrected chi connectivity index (χ3v) is 0. The van der Waals surface area contributed by atoms with E-state index in [0.717, 1.165) is 0 Å². The van der Waals surface area contributed by atoms with Gasteiger partial charge in [0.15, 0.2) is 0 Å². The maximum atomic E-state index is 0. The SMILES string of the molecule is Cl.Cl.Cl.Cl.Cl.Cl.[CaH2].[CaH2].[CaH2].[CaH2].[CaH2].[CaH2].[CaH2].[CaH2].[CaH2].[CaH2].[CaH2].[CaH2].[CaH2]. The molecule has 0 nitrogen and oxygen atoms in total. The molecule has 0 aromatic carbocycles. The predicted octanol–water partition coefficient (Wildman–Crippen LogP) is -9.38. The molecule has 0 bridgehead atoms. The van der Waals surface area contributed by atoms with Crippen molar-refractivity contribution in [2.75, 3.05) is 0 Å². The van der Waals surface area contributed by atoms with E-state index in [9.17, 15) is 0 Å². The number of hydrogen-bond acceptors (Lipinski definition) is 0. The van der Waals surface area contributed by atoms with Crippen LogP contribution in [-0.2, 0) is 0 Å². The van der Waals surface area contributed by atoms with Crippen LogP contribution in [0, 0.1) is 0 Å². The fraction of sp³-hybridized carbons (Fsp3) is 0. The summed E-state index contributed by atoms with van der Waals surface area (Å²) in [5.41, 5.74) is 0. The van der Waals surface area contributed by atoms with Crippen LogP contribution in [0.3, 0.4) is 0 Å². The van der Waals surface area contributed by atoms with Gasteiger partial charge in [-0.1, -0.05) is 0 Å². The van der Waals surface area contributed by atoms with Gasteiger partial charge in [-0.05, 0) is 0 Å². The van der Waals surface area contributed by atoms with Crippen LogP contribution in [0.25, 0.3) is 0 Å². The Bertz CT molecular complexity index is 17.1. The molecule has 0 atom stereocenters. The van der Waals surface area contributed by atoms with Crippen LogP contribution in [0.5, 0.6) is 0 Å². The van der Waals surface area contributed by atoms with Gasteiger partial charge in [0.25, 0.3) is 0 Å². The van der Waals surface area contributed by atoms with Gasteiger partial charge in [-0.3, -0.25) is 0 Å². The van der Waals surface area contributed by atoms with Crippen molar-refractivity contribution in [3.05, 3.63) is 0 Å². The van der Waals surface area contributed by atoms with Gasteiger partial charge in [-0.15, -0.1) is 74.4 Å². The molecule has 0 spiro atoms. The first kappa shape index (κ1) is 148. The zero-order valence-corrected chi connectivity index (χ0v) is 7.35. The van der Waals surface area contributed by atoms with Crippen molar-refractivity contribution in [2.45, 2.75) is 0 Å². The fourth-order valence-corrected chi connectivity index (χ4v) is 0. The first-order chi connectivity index (χ1) is 0. The van der Waals surface area contributed by atoms with Crippen molar-refractivity contribution >= 4 is 565 Å². The summed E-state index contributed by atoms with van der Waals surface area (Å²) in [7, 11) is 0. The van der Waals surface area contributed by atoms with E-state index in [1.54, 1.807) is 0 Å². The van der Waals surface area contributed by atoms with E-state index in [0.29, 0.717) is 0 Å². The second-order valence-corrected chi connectivity index (χ2v) is 0. The summed E-state index contributed by atoms with van der Waals surface area (Å²) in [5, 5.41) is 0. The molecule has 0 aromatic rings. The molecule has 0 radical (unpaired) electrons. The van der Waals surface area contributed by atoms with Crippen molar-refractivity contribution in [1.82, 2.24) is 0 Å². The van der Waals surface area contributed by atoms with E-state index in [1.807, 2.05) is 0 Å². The quantitative estimate of drug-likeness (QED) is 0.216. The predicted molar refractivity (Wildman–Crippen MR) is 155 cm³/mol. The van der Waals surface area contributed by atoms with Crippen LogP contribution in [0.2, 0.25) is 0 Å². The molecule has 0 aromatic heterocycles. The second kappa shape index (κ2) is 136. The zero-order chi connectivity index (χ0) is 0. The average Bonchev–Trinajstić information content (AvgIpc) is 0. The Morgan fingerprint density at radius 2 is 0.105 bits per heavy atom. The van der Waals surface area contributed by atoms with E-state index in [2.05, 4.69) is 0 Å². The van der Waals surface area contributed by atoms with Crippen LogP contribution in [-0.4, -0.2) is 491 Å². The van der Waals surface area contributed by atoms with Crippen molar-refractivity contribution in [3.8, 4) is 0 Å². The van der Waals surface area contributed by atoms with Crippen LogP contribution in [0.1, 0.15) is 0 Å². The molecule has 100 valence electrons. The standard InChI is InChI=1S/13Ca.6ClH.26H/h;;;;;;;;;;;;;6*1H;;;;;;;;;;;;;;;;;;;;;;;;;;. The first-order valence-corrected chi connectivity index (χ1v) is 0. The van der Waals surface area contributed by atoms with Crippen LogP contribution in [0.15, 0.2) is 0 Å². The van der Waals surface area contributed by atoms with E-state index in [1.165, 1.54) is 0 Å². The molecule has 19 heavy (non-hydrogen) atoms. The fourth-order valence-electron chi connectivity index (χ4n) is 0. The topological polar surface area (TPSA) is 0 Å². The summed E-state index contributed by atoms with van der Waals surface area (Å²) < 4.78 is 0. The van der Waals surface area contributed by atoms with E-state index >= 15 is 0 Å². The molecular formula is H32Ca13Cl6. The van der Waals surface area contributed by atoms with Gasteiger partial charge in [-0.25, -0.2) is 0 Å². The summed E-state index contributed by atoms with van der Waals surface area (Å²) in [6, 6.07) is 0. The summed E-state index contributed by atoms with van der Waals surface area (Å²) in [5.74, 6) is 0. The third kappa shape index (κ3) is 128. The molecule has 0 saturated carbocycles.